The van der Waals surface area contributed by atoms with Gasteiger partial charge >= 0.3 is 0 Å². The number of anilines is 1. The lowest BCUT2D eigenvalue weighted by Crippen LogP contribution is -2.38. The Labute approximate surface area is 151 Å². The van der Waals surface area contributed by atoms with E-state index in [4.69, 9.17) is 9.47 Å². The molecule has 25 heavy (non-hydrogen) atoms. The van der Waals surface area contributed by atoms with Crippen molar-refractivity contribution in [2.75, 3.05) is 52.4 Å². The van der Waals surface area contributed by atoms with Crippen molar-refractivity contribution in [1.82, 2.24) is 10.6 Å². The molecule has 0 radical (unpaired) electrons. The van der Waals surface area contributed by atoms with Crippen LogP contribution in [0.4, 0.5) is 5.69 Å². The van der Waals surface area contributed by atoms with E-state index in [2.05, 4.69) is 59.7 Å². The number of benzene rings is 1. The molecule has 1 unspecified atom stereocenters. The maximum atomic E-state index is 5.77. The van der Waals surface area contributed by atoms with Gasteiger partial charge in [0.1, 0.15) is 0 Å². The van der Waals surface area contributed by atoms with Crippen LogP contribution in [-0.4, -0.2) is 59.6 Å². The number of ether oxygens (including phenoxy) is 2. The minimum atomic E-state index is 0.281. The van der Waals surface area contributed by atoms with Crippen molar-refractivity contribution in [3.05, 3.63) is 29.3 Å². The van der Waals surface area contributed by atoms with Crippen LogP contribution in [0.1, 0.15) is 24.0 Å². The van der Waals surface area contributed by atoms with Gasteiger partial charge in [0.15, 0.2) is 5.96 Å². The summed E-state index contributed by atoms with van der Waals surface area (Å²) in [6.07, 6.45) is 2.25. The van der Waals surface area contributed by atoms with E-state index in [1.165, 1.54) is 16.8 Å². The van der Waals surface area contributed by atoms with Crippen molar-refractivity contribution in [2.45, 2.75) is 32.4 Å². The van der Waals surface area contributed by atoms with Crippen molar-refractivity contribution >= 4 is 11.6 Å². The van der Waals surface area contributed by atoms with E-state index in [-0.39, 0.29) is 6.10 Å². The molecule has 0 aromatic heterocycles. The summed E-state index contributed by atoms with van der Waals surface area (Å²) in [5, 5.41) is 6.72. The Morgan fingerprint density at radius 1 is 1.36 bits per heavy atom. The molecule has 1 aromatic rings. The number of aliphatic imine (C=N–C) groups is 1. The number of nitrogens with zero attached hydrogens (tertiary/aromatic N) is 2. The van der Waals surface area contributed by atoms with Gasteiger partial charge in [-0.05, 0) is 37.0 Å². The van der Waals surface area contributed by atoms with E-state index in [0.29, 0.717) is 0 Å². The molecule has 1 atom stereocenters. The van der Waals surface area contributed by atoms with Gasteiger partial charge in [0.2, 0.25) is 0 Å². The number of nitrogens with one attached hydrogen (secondary N) is 2. The Kier molecular flexibility index (Phi) is 8.01. The number of hydrogen-bond donors (Lipinski definition) is 2. The highest BCUT2D eigenvalue weighted by Gasteiger charge is 2.15. The van der Waals surface area contributed by atoms with E-state index in [1.54, 1.807) is 7.05 Å². The van der Waals surface area contributed by atoms with E-state index in [9.17, 15) is 0 Å². The molecule has 1 aliphatic rings. The van der Waals surface area contributed by atoms with Gasteiger partial charge in [0, 0.05) is 53.1 Å². The summed E-state index contributed by atoms with van der Waals surface area (Å²) in [5.41, 5.74) is 3.75. The second-order valence-electron chi connectivity index (χ2n) is 6.59. The molecule has 2 N–H and O–H groups in total. The highest BCUT2D eigenvalue weighted by atomic mass is 16.5. The van der Waals surface area contributed by atoms with Crippen molar-refractivity contribution in [3.8, 4) is 0 Å². The SMILES string of the molecule is CN=C(NCCCOC1CCOC1)NCc1ccc(C)cc1N(C)C. The summed E-state index contributed by atoms with van der Waals surface area (Å²) < 4.78 is 11.1. The second-order valence-corrected chi connectivity index (χ2v) is 6.59. The topological polar surface area (TPSA) is 58.1 Å². The smallest absolute Gasteiger partial charge is 0.191 e. The zero-order valence-corrected chi connectivity index (χ0v) is 16.0. The number of hydrogen-bond acceptors (Lipinski definition) is 4. The minimum Gasteiger partial charge on any atom is -0.379 e. The van der Waals surface area contributed by atoms with Crippen LogP contribution in [0.2, 0.25) is 0 Å². The van der Waals surface area contributed by atoms with Crippen molar-refractivity contribution in [2.24, 2.45) is 4.99 Å². The van der Waals surface area contributed by atoms with Gasteiger partial charge in [-0.15, -0.1) is 0 Å². The highest BCUT2D eigenvalue weighted by molar-refractivity contribution is 5.79. The molecule has 1 heterocycles. The third-order valence-electron chi connectivity index (χ3n) is 4.25. The highest BCUT2D eigenvalue weighted by Crippen LogP contribution is 2.20. The molecule has 1 fully saturated rings. The summed E-state index contributed by atoms with van der Waals surface area (Å²) in [6, 6.07) is 6.52. The van der Waals surface area contributed by atoms with Gasteiger partial charge in [-0.1, -0.05) is 12.1 Å². The first-order valence-corrected chi connectivity index (χ1v) is 9.01. The minimum absolute atomic E-state index is 0.281. The molecule has 6 heteroatoms. The molecular weight excluding hydrogens is 316 g/mol. The Morgan fingerprint density at radius 2 is 2.20 bits per heavy atom. The van der Waals surface area contributed by atoms with Crippen LogP contribution in [-0.2, 0) is 16.0 Å². The van der Waals surface area contributed by atoms with Crippen LogP contribution in [0.3, 0.4) is 0 Å². The summed E-state index contributed by atoms with van der Waals surface area (Å²) in [7, 11) is 5.94. The maximum absolute atomic E-state index is 5.77. The zero-order valence-electron chi connectivity index (χ0n) is 16.0. The molecule has 140 valence electrons. The molecule has 2 rings (SSSR count). The first-order valence-electron chi connectivity index (χ1n) is 9.01. The lowest BCUT2D eigenvalue weighted by Gasteiger charge is -2.19. The predicted molar refractivity (Wildman–Crippen MR) is 104 cm³/mol. The number of rotatable bonds is 8. The lowest BCUT2D eigenvalue weighted by atomic mass is 10.1. The summed E-state index contributed by atoms with van der Waals surface area (Å²) >= 11 is 0. The van der Waals surface area contributed by atoms with E-state index < -0.39 is 0 Å². The fourth-order valence-electron chi connectivity index (χ4n) is 2.81. The fourth-order valence-corrected chi connectivity index (χ4v) is 2.81. The van der Waals surface area contributed by atoms with Gasteiger partial charge in [-0.3, -0.25) is 4.99 Å². The van der Waals surface area contributed by atoms with Gasteiger partial charge in [-0.25, -0.2) is 0 Å². The van der Waals surface area contributed by atoms with Crippen LogP contribution >= 0.6 is 0 Å². The van der Waals surface area contributed by atoms with Crippen LogP contribution < -0.4 is 15.5 Å². The lowest BCUT2D eigenvalue weighted by molar-refractivity contribution is 0.0420. The van der Waals surface area contributed by atoms with Crippen molar-refractivity contribution in [3.63, 3.8) is 0 Å². The first kappa shape index (κ1) is 19.5. The summed E-state index contributed by atoms with van der Waals surface area (Å²) in [4.78, 5) is 6.43. The standard InChI is InChI=1S/C19H32N4O2/c1-15-6-7-16(18(12-15)23(3)4)13-22-19(20-2)21-9-5-10-25-17-8-11-24-14-17/h6-7,12,17H,5,8-11,13-14H2,1-4H3,(H2,20,21,22). The molecular formula is C19H32N4O2. The molecule has 1 saturated heterocycles. The molecule has 1 aliphatic heterocycles. The molecule has 1 aromatic carbocycles. The largest absolute Gasteiger partial charge is 0.379 e. The van der Waals surface area contributed by atoms with E-state index in [1.807, 2.05) is 0 Å². The van der Waals surface area contributed by atoms with Crippen molar-refractivity contribution < 1.29 is 9.47 Å². The molecule has 0 amide bonds. The quantitative estimate of drug-likeness (QED) is 0.427. The Bertz CT molecular complexity index is 554. The molecule has 6 nitrogen and oxygen atoms in total. The Morgan fingerprint density at radius 3 is 2.88 bits per heavy atom. The third kappa shape index (κ3) is 6.55. The van der Waals surface area contributed by atoms with Gasteiger partial charge in [0.25, 0.3) is 0 Å². The Hall–Kier alpha value is -1.79. The van der Waals surface area contributed by atoms with Crippen LogP contribution in [0, 0.1) is 6.92 Å². The molecule has 0 saturated carbocycles. The van der Waals surface area contributed by atoms with E-state index in [0.717, 1.165) is 51.7 Å². The monoisotopic (exact) mass is 348 g/mol. The first-order chi connectivity index (χ1) is 12.1. The van der Waals surface area contributed by atoms with Crippen molar-refractivity contribution in [1.29, 1.82) is 0 Å². The molecule has 0 bridgehead atoms. The van der Waals surface area contributed by atoms with Crippen LogP contribution in [0.25, 0.3) is 0 Å². The van der Waals surface area contributed by atoms with Crippen LogP contribution in [0.15, 0.2) is 23.2 Å². The fraction of sp³-hybridized carbons (Fsp3) is 0.632. The third-order valence-corrected chi connectivity index (χ3v) is 4.25. The second kappa shape index (κ2) is 10.3. The number of aryl methyl sites for hydroxylation is 1. The normalized spacial score (nSPS) is 17.6. The number of guanidine groups is 1. The van der Waals surface area contributed by atoms with Gasteiger partial charge in [-0.2, -0.15) is 0 Å². The summed E-state index contributed by atoms with van der Waals surface area (Å²) in [5.74, 6) is 0.814. The summed E-state index contributed by atoms with van der Waals surface area (Å²) in [6.45, 7) is 6.01. The van der Waals surface area contributed by atoms with Gasteiger partial charge < -0.3 is 25.0 Å². The van der Waals surface area contributed by atoms with E-state index >= 15 is 0 Å². The predicted octanol–water partition coefficient (Wildman–Crippen LogP) is 1.92. The maximum Gasteiger partial charge on any atom is 0.191 e. The van der Waals surface area contributed by atoms with Gasteiger partial charge in [0.05, 0.1) is 12.7 Å². The molecule has 0 aliphatic carbocycles. The molecule has 0 spiro atoms. The average Bonchev–Trinajstić information content (AvgIpc) is 3.11. The Balaban J connectivity index is 1.71. The zero-order chi connectivity index (χ0) is 18.1. The average molecular weight is 348 g/mol. The van der Waals surface area contributed by atoms with Crippen LogP contribution in [0.5, 0.6) is 0 Å².